The summed E-state index contributed by atoms with van der Waals surface area (Å²) in [4.78, 5) is 90.1. The van der Waals surface area contributed by atoms with Crippen molar-refractivity contribution in [3.63, 3.8) is 0 Å². The molecule has 87 heavy (non-hydrogen) atoms. The van der Waals surface area contributed by atoms with E-state index in [1.54, 1.807) is 59.7 Å². The van der Waals surface area contributed by atoms with Gasteiger partial charge in [-0.3, -0.25) is 29.0 Å². The van der Waals surface area contributed by atoms with Crippen LogP contribution in [0.15, 0.2) is 59.5 Å². The number of aldehydes is 1. The van der Waals surface area contributed by atoms with Crippen molar-refractivity contribution >= 4 is 44.9 Å². The largest absolute Gasteiger partial charge is 0.502 e. The number of hydrogen-bond donors (Lipinski definition) is 3. The number of benzene rings is 2. The lowest BCUT2D eigenvalue weighted by molar-refractivity contribution is -0.143. The zero-order valence-corrected chi connectivity index (χ0v) is 51.5. The van der Waals surface area contributed by atoms with Crippen molar-refractivity contribution in [2.75, 3.05) is 6.61 Å². The molecule has 6 atom stereocenters. The summed E-state index contributed by atoms with van der Waals surface area (Å²) >= 11 is 0. The number of hydrogen-bond acceptors (Lipinski definition) is 13. The van der Waals surface area contributed by atoms with Crippen LogP contribution < -0.4 is 5.43 Å². The van der Waals surface area contributed by atoms with Gasteiger partial charge in [-0.25, -0.2) is 28.0 Å². The maximum atomic E-state index is 14.3. The van der Waals surface area contributed by atoms with Gasteiger partial charge in [-0.2, -0.15) is 5.10 Å². The number of carbonyl (C=O) groups excluding carboxylic acids is 5. The molecular weight excluding hydrogens is 1120 g/mol. The van der Waals surface area contributed by atoms with Crippen LogP contribution in [-0.4, -0.2) is 159 Å². The Morgan fingerprint density at radius 3 is 1.60 bits per heavy atom. The van der Waals surface area contributed by atoms with Crippen LogP contribution in [0.3, 0.4) is 0 Å². The molecule has 0 bridgehead atoms. The average molecular weight is 1230 g/mol. The summed E-state index contributed by atoms with van der Waals surface area (Å²) in [7, 11) is 0. The number of likely N-dealkylation sites (tertiary alicyclic amines) is 3. The maximum Gasteiger partial charge on any atom is 0.411 e. The first-order valence-corrected chi connectivity index (χ1v) is 28.1. The highest BCUT2D eigenvalue weighted by Gasteiger charge is 2.55. The van der Waals surface area contributed by atoms with E-state index in [4.69, 9.17) is 19.3 Å². The van der Waals surface area contributed by atoms with E-state index in [-0.39, 0.29) is 85.7 Å². The zero-order chi connectivity index (χ0) is 62.0. The molecule has 2 aromatic carbocycles. The van der Waals surface area contributed by atoms with Gasteiger partial charge >= 0.3 is 24.2 Å². The third-order valence-corrected chi connectivity index (χ3v) is 15.5. The van der Waals surface area contributed by atoms with E-state index in [1.807, 2.05) is 96.9 Å². The first-order chi connectivity index (χ1) is 37.6. The fourth-order valence-corrected chi connectivity index (χ4v) is 11.7. The van der Waals surface area contributed by atoms with Gasteiger partial charge in [0, 0.05) is 36.5 Å². The first-order valence-electron chi connectivity index (χ1n) is 28.1. The molecule has 0 saturated carbocycles. The number of carboxylic acids is 1. The summed E-state index contributed by atoms with van der Waals surface area (Å²) in [6, 6.07) is 9.96. The number of nitrogens with zero attached hydrogens (tertiary/aromatic N) is 6. The third-order valence-electron chi connectivity index (χ3n) is 15.5. The molecule has 3 N–H and O–H groups in total. The number of aromatic nitrogens is 2. The highest BCUT2D eigenvalue weighted by atomic mass is 19.1. The van der Waals surface area contributed by atoms with Gasteiger partial charge in [0.25, 0.3) is 5.91 Å². The second-order valence-electron chi connectivity index (χ2n) is 27.3. The van der Waals surface area contributed by atoms with Crippen molar-refractivity contribution in [1.82, 2.24) is 29.4 Å². The molecule has 0 unspecified atom stereocenters. The highest BCUT2D eigenvalue weighted by Crippen LogP contribution is 2.50. The van der Waals surface area contributed by atoms with Crippen molar-refractivity contribution in [2.24, 2.45) is 0 Å². The van der Waals surface area contributed by atoms with Crippen molar-refractivity contribution < 1.29 is 67.1 Å². The molecule has 489 valence electrons. The Hall–Kier alpha value is -6.58. The van der Waals surface area contributed by atoms with Crippen molar-refractivity contribution in [3.8, 4) is 5.75 Å². The molecule has 4 fully saturated rings. The van der Waals surface area contributed by atoms with Gasteiger partial charge in [0.05, 0.1) is 37.0 Å². The minimum atomic E-state index is -0.971. The summed E-state index contributed by atoms with van der Waals surface area (Å²) < 4.78 is 45.4. The third kappa shape index (κ3) is 19.2. The van der Waals surface area contributed by atoms with Crippen molar-refractivity contribution in [1.29, 1.82) is 0 Å². The van der Waals surface area contributed by atoms with Crippen molar-refractivity contribution in [3.05, 3.63) is 93.4 Å². The van der Waals surface area contributed by atoms with Crippen LogP contribution in [-0.2, 0) is 23.8 Å². The van der Waals surface area contributed by atoms with E-state index in [9.17, 15) is 52.6 Å². The van der Waals surface area contributed by atoms with Crippen LogP contribution in [0.4, 0.5) is 23.2 Å². The fourth-order valence-electron chi connectivity index (χ4n) is 11.7. The Balaban J connectivity index is 0.00000119. The predicted octanol–water partition coefficient (Wildman–Crippen LogP) is 12.9. The summed E-state index contributed by atoms with van der Waals surface area (Å²) in [6.45, 7) is 31.9. The molecule has 22 heteroatoms. The number of halogens is 2. The molecule has 0 aliphatic carbocycles. The van der Waals surface area contributed by atoms with E-state index in [1.165, 1.54) is 33.8 Å². The molecule has 5 aliphatic rings. The Morgan fingerprint density at radius 2 is 1.11 bits per heavy atom. The number of carboxylic acid groups (broad SMARTS) is 1. The second kappa shape index (κ2) is 30.1. The second-order valence-corrected chi connectivity index (χ2v) is 27.3. The first kappa shape index (κ1) is 80.4. The molecule has 8 rings (SSSR count). The fraction of sp³-hybridized carbons (Fsp3) is 0.662. The Kier molecular flexibility index (Phi) is 27.8. The summed E-state index contributed by atoms with van der Waals surface area (Å²) in [5.41, 5.74) is -2.73. The quantitative estimate of drug-likeness (QED) is 0.118. The van der Waals surface area contributed by atoms with Crippen LogP contribution in [0.2, 0.25) is 0 Å². The van der Waals surface area contributed by atoms with E-state index in [0.717, 1.165) is 38.2 Å². The Labute approximate surface area is 519 Å². The topological polar surface area (TPSA) is 239 Å². The lowest BCUT2D eigenvalue weighted by Crippen LogP contribution is -2.56. The molecule has 3 radical (unpaired) electrons. The SMILES string of the molecule is C.C.C.C.CC(C)(C)OC(=O)N1[C@@H](C(=O)O)CCC1(C)C.CC(C)(C)OC(=O)N1[C@@H](C=O)CCC1(C)C.CC(C)(C)OC(=O)N1[C@@H](CO)CCC1(C)C.CC1(C)CC[C@@H]2[C@H]([C@H](c3ccc(F)cc3)c3cccc(F)c3)n3ncc(=O)c(O)c3C(=O)N21.[B]. The van der Waals surface area contributed by atoms with Gasteiger partial charge in [0.1, 0.15) is 40.8 Å². The van der Waals surface area contributed by atoms with Gasteiger partial charge in [0.15, 0.2) is 11.4 Å². The zero-order valence-electron chi connectivity index (χ0n) is 51.5. The number of aromatic hydroxyl groups is 1. The van der Waals surface area contributed by atoms with Crippen LogP contribution in [0.1, 0.15) is 232 Å². The van der Waals surface area contributed by atoms with Crippen LogP contribution >= 0.6 is 0 Å². The molecular formula is C65H104BF2N6O13. The van der Waals surface area contributed by atoms with Gasteiger partial charge in [-0.1, -0.05) is 54.0 Å². The molecule has 6 heterocycles. The number of fused-ring (bicyclic) bond motifs is 2. The van der Waals surface area contributed by atoms with Gasteiger partial charge in [-0.05, 0) is 204 Å². The normalized spacial score (nSPS) is 22.0. The van der Waals surface area contributed by atoms with Crippen LogP contribution in [0.5, 0.6) is 5.75 Å². The molecule has 4 saturated heterocycles. The number of rotatable bonds is 6. The molecule has 4 amide bonds. The molecule has 0 spiro atoms. The molecule has 1 aromatic heterocycles. The molecule has 19 nitrogen and oxygen atoms in total. The van der Waals surface area contributed by atoms with E-state index in [2.05, 4.69) is 5.10 Å². The Bertz CT molecular complexity index is 2880. The minimum Gasteiger partial charge on any atom is -0.502 e. The number of carbonyl (C=O) groups is 6. The maximum absolute atomic E-state index is 14.3. The van der Waals surface area contributed by atoms with Gasteiger partial charge in [-0.15, -0.1) is 0 Å². The number of ether oxygens (including phenoxy) is 3. The number of aliphatic hydroxyl groups excluding tert-OH is 1. The number of aliphatic carboxylic acids is 1. The van der Waals surface area contributed by atoms with E-state index < -0.39 is 92.8 Å². The standard InChI is InChI=1S/C25H23F2N3O3.C12H21NO4.C12H23NO3.C12H21NO3.4CH4.B/c1-25(2)11-10-18-21(30-22(24(33)29(18)25)23(32)19(31)13-28-30)20(14-6-8-16(26)9-7-14)15-4-3-5-17(27)12-15;1-11(2,3)17-10(16)13-8(9(14)15)6-7-12(13,4)5;2*1-11(2,3)16-10(15)13-9(8-14)6-7-12(13,4)5;;;;;/h3-9,12-13,18,20-21,32H,10-11H2,1-2H3;8H,6-7H2,1-5H3,(H,14,15);9,14H,6-8H2,1-5H3;8-9H,6-7H2,1-5H3;4*1H4;/t18-,20-,21-;8-;2*9-;;;;;/m1111...../s1. The Morgan fingerprint density at radius 1 is 0.655 bits per heavy atom. The summed E-state index contributed by atoms with van der Waals surface area (Å²) in [5, 5.41) is 33.2. The minimum absolute atomic E-state index is 0. The predicted molar refractivity (Wildman–Crippen MR) is 336 cm³/mol. The molecule has 3 aromatic rings. The monoisotopic (exact) mass is 1230 g/mol. The lowest BCUT2D eigenvalue weighted by Gasteiger charge is -2.46. The summed E-state index contributed by atoms with van der Waals surface area (Å²) in [5.74, 6) is -3.44. The lowest BCUT2D eigenvalue weighted by atomic mass is 9.80. The average Bonchev–Trinajstić information content (AvgIpc) is 1.76. The number of amides is 4. The number of aliphatic hydroxyl groups is 1. The van der Waals surface area contributed by atoms with Crippen LogP contribution in [0.25, 0.3) is 0 Å². The van der Waals surface area contributed by atoms with Gasteiger partial charge < -0.3 is 39.2 Å². The van der Waals surface area contributed by atoms with Crippen LogP contribution in [0, 0.1) is 11.6 Å². The summed E-state index contributed by atoms with van der Waals surface area (Å²) in [6.07, 6.45) is 6.34. The van der Waals surface area contributed by atoms with Crippen molar-refractivity contribution in [2.45, 2.75) is 274 Å². The van der Waals surface area contributed by atoms with E-state index in [0.29, 0.717) is 36.8 Å². The molecule has 5 aliphatic heterocycles. The van der Waals surface area contributed by atoms with Gasteiger partial charge in [0.2, 0.25) is 5.43 Å². The highest BCUT2D eigenvalue weighted by molar-refractivity contribution is 5.97. The van der Waals surface area contributed by atoms with E-state index >= 15 is 0 Å². The smallest absolute Gasteiger partial charge is 0.411 e.